The minimum atomic E-state index is -1.39. The quantitative estimate of drug-likeness (QED) is 0.283. The molecule has 1 spiro atoms. The summed E-state index contributed by atoms with van der Waals surface area (Å²) in [5.74, 6) is -1.12. The van der Waals surface area contributed by atoms with Crippen molar-refractivity contribution in [2.75, 3.05) is 24.4 Å². The standard InChI is InChI=1S/C34H28N2O5S/c1-19-17-28-34(23-10-5-6-11-24(23)35-33(34)39)29(31(37)22-18-20(40-2)14-15-26(22)41-3)30(32(38)27-13-8-16-42-27)36(28)25-12-7-4-9-21(19)25/h4-18,28-30H,1-3H3,(H,35,39)/t28-,29-,30+,34-/m0/s1. The van der Waals surface area contributed by atoms with Gasteiger partial charge in [-0.25, -0.2) is 0 Å². The SMILES string of the molecule is COc1ccc(OC)c(C(=O)[C@@H]2[C@H](C(=O)c3cccs3)N3c4ccccc4C(C)=C[C@H]3[C@]23C(=O)Nc2ccccc23)c1. The topological polar surface area (TPSA) is 84.9 Å². The molecule has 4 heterocycles. The minimum absolute atomic E-state index is 0.202. The van der Waals surface area contributed by atoms with Crippen molar-refractivity contribution in [3.05, 3.63) is 112 Å². The summed E-state index contributed by atoms with van der Waals surface area (Å²) in [7, 11) is 3.03. The number of thiophene rings is 1. The van der Waals surface area contributed by atoms with Crippen LogP contribution in [-0.2, 0) is 10.2 Å². The van der Waals surface area contributed by atoms with E-state index in [4.69, 9.17) is 9.47 Å². The zero-order valence-electron chi connectivity index (χ0n) is 23.3. The first-order chi connectivity index (χ1) is 20.4. The highest BCUT2D eigenvalue weighted by Gasteiger charge is 2.70. The second-order valence-electron chi connectivity index (χ2n) is 10.8. The van der Waals surface area contributed by atoms with Gasteiger partial charge in [0.1, 0.15) is 23.0 Å². The third-order valence-electron chi connectivity index (χ3n) is 8.87. The first-order valence-corrected chi connectivity index (χ1v) is 14.6. The third kappa shape index (κ3) is 3.48. The monoisotopic (exact) mass is 576 g/mol. The molecule has 7 rings (SSSR count). The molecule has 42 heavy (non-hydrogen) atoms. The molecule has 4 atom stereocenters. The van der Waals surface area contributed by atoms with Crippen LogP contribution in [0.25, 0.3) is 5.57 Å². The van der Waals surface area contributed by atoms with Crippen LogP contribution < -0.4 is 19.7 Å². The number of methoxy groups -OCH3 is 2. The van der Waals surface area contributed by atoms with E-state index in [0.29, 0.717) is 27.6 Å². The Balaban J connectivity index is 1.57. The summed E-state index contributed by atoms with van der Waals surface area (Å²) >= 11 is 1.33. The predicted octanol–water partition coefficient (Wildman–Crippen LogP) is 6.01. The second kappa shape index (κ2) is 9.70. The number of anilines is 2. The number of fused-ring (bicyclic) bond motifs is 6. The van der Waals surface area contributed by atoms with Crippen molar-refractivity contribution in [3.63, 3.8) is 0 Å². The summed E-state index contributed by atoms with van der Waals surface area (Å²) < 4.78 is 11.1. The number of hydrogen-bond acceptors (Lipinski definition) is 7. The molecular formula is C34H28N2O5S. The zero-order valence-corrected chi connectivity index (χ0v) is 24.1. The first kappa shape index (κ1) is 26.2. The summed E-state index contributed by atoms with van der Waals surface area (Å²) in [5.41, 5.74) is 2.98. The van der Waals surface area contributed by atoms with Crippen molar-refractivity contribution >= 4 is 45.8 Å². The Labute approximate surface area is 247 Å². The minimum Gasteiger partial charge on any atom is -0.497 e. The van der Waals surface area contributed by atoms with Crippen molar-refractivity contribution in [1.82, 2.24) is 0 Å². The highest BCUT2D eigenvalue weighted by atomic mass is 32.1. The smallest absolute Gasteiger partial charge is 0.238 e. The summed E-state index contributed by atoms with van der Waals surface area (Å²) in [6.45, 7) is 2.01. The van der Waals surface area contributed by atoms with Gasteiger partial charge in [-0.1, -0.05) is 48.5 Å². The second-order valence-corrected chi connectivity index (χ2v) is 11.7. The molecule has 3 aliphatic rings. The molecule has 0 aliphatic carbocycles. The number of benzene rings is 3. The van der Waals surface area contributed by atoms with Crippen LogP contribution >= 0.6 is 11.3 Å². The van der Waals surface area contributed by atoms with Crippen LogP contribution in [-0.4, -0.2) is 43.8 Å². The van der Waals surface area contributed by atoms with Gasteiger partial charge in [-0.2, -0.15) is 0 Å². The van der Waals surface area contributed by atoms with Crippen LogP contribution in [0.5, 0.6) is 11.5 Å². The Kier molecular flexibility index (Phi) is 6.06. The molecule has 1 saturated heterocycles. The zero-order chi connectivity index (χ0) is 29.2. The Morgan fingerprint density at radius 1 is 0.929 bits per heavy atom. The van der Waals surface area contributed by atoms with Crippen molar-refractivity contribution in [1.29, 1.82) is 0 Å². The number of ketones is 2. The number of hydrogen-bond donors (Lipinski definition) is 1. The number of amides is 1. The lowest BCUT2D eigenvalue weighted by atomic mass is 9.64. The maximum atomic E-state index is 15.1. The van der Waals surface area contributed by atoms with Gasteiger partial charge >= 0.3 is 0 Å². The van der Waals surface area contributed by atoms with Crippen LogP contribution in [0.2, 0.25) is 0 Å². The Hall–Kier alpha value is -4.69. The van der Waals surface area contributed by atoms with E-state index >= 15 is 4.79 Å². The summed E-state index contributed by atoms with van der Waals surface area (Å²) in [5, 5.41) is 4.92. The van der Waals surface area contributed by atoms with E-state index in [1.54, 1.807) is 24.3 Å². The van der Waals surface area contributed by atoms with Gasteiger partial charge in [-0.15, -0.1) is 11.3 Å². The lowest BCUT2D eigenvalue weighted by Gasteiger charge is -2.39. The van der Waals surface area contributed by atoms with Gasteiger partial charge in [0.15, 0.2) is 11.6 Å². The number of allylic oxidation sites excluding steroid dienone is 1. The van der Waals surface area contributed by atoms with Gasteiger partial charge in [-0.3, -0.25) is 14.4 Å². The number of nitrogens with zero attached hydrogens (tertiary/aromatic N) is 1. The van der Waals surface area contributed by atoms with E-state index in [9.17, 15) is 9.59 Å². The number of Topliss-reactive ketones (excluding diaryl/α,β-unsaturated/α-hetero) is 2. The molecule has 1 amide bonds. The van der Waals surface area contributed by atoms with E-state index in [2.05, 4.69) is 11.4 Å². The van der Waals surface area contributed by atoms with Crippen molar-refractivity contribution in [2.24, 2.45) is 5.92 Å². The number of rotatable bonds is 6. The van der Waals surface area contributed by atoms with Crippen LogP contribution in [0.3, 0.4) is 0 Å². The fraction of sp³-hybridized carbons (Fsp3) is 0.206. The highest BCUT2D eigenvalue weighted by Crippen LogP contribution is 2.59. The van der Waals surface area contributed by atoms with E-state index in [1.165, 1.54) is 25.6 Å². The first-order valence-electron chi connectivity index (χ1n) is 13.7. The number of carbonyl (C=O) groups is 3. The third-order valence-corrected chi connectivity index (χ3v) is 9.76. The highest BCUT2D eigenvalue weighted by molar-refractivity contribution is 7.12. The molecule has 0 saturated carbocycles. The Morgan fingerprint density at radius 2 is 1.71 bits per heavy atom. The van der Waals surface area contributed by atoms with E-state index < -0.39 is 23.4 Å². The van der Waals surface area contributed by atoms with Crippen molar-refractivity contribution < 1.29 is 23.9 Å². The molecular weight excluding hydrogens is 548 g/mol. The Bertz CT molecular complexity index is 1800. The molecule has 4 aromatic rings. The average Bonchev–Trinajstić information content (AvgIpc) is 3.73. The maximum Gasteiger partial charge on any atom is 0.238 e. The van der Waals surface area contributed by atoms with Gasteiger partial charge < -0.3 is 19.7 Å². The van der Waals surface area contributed by atoms with Crippen LogP contribution in [0.15, 0.2) is 90.3 Å². The Morgan fingerprint density at radius 3 is 2.48 bits per heavy atom. The van der Waals surface area contributed by atoms with Crippen LogP contribution in [0.4, 0.5) is 11.4 Å². The molecule has 3 aromatic carbocycles. The molecule has 0 bridgehead atoms. The fourth-order valence-corrected chi connectivity index (χ4v) is 7.82. The largest absolute Gasteiger partial charge is 0.497 e. The number of para-hydroxylation sites is 2. The van der Waals surface area contributed by atoms with Crippen molar-refractivity contribution in [3.8, 4) is 11.5 Å². The average molecular weight is 577 g/mol. The number of carbonyl (C=O) groups excluding carboxylic acids is 3. The summed E-state index contributed by atoms with van der Waals surface area (Å²) in [4.78, 5) is 46.8. The normalized spacial score (nSPS) is 23.5. The molecule has 210 valence electrons. The number of nitrogens with one attached hydrogen (secondary N) is 1. The molecule has 1 fully saturated rings. The van der Waals surface area contributed by atoms with Gasteiger partial charge in [-0.05, 0) is 59.8 Å². The van der Waals surface area contributed by atoms with Gasteiger partial charge in [0.2, 0.25) is 5.91 Å². The van der Waals surface area contributed by atoms with E-state index in [-0.39, 0.29) is 23.0 Å². The summed E-state index contributed by atoms with van der Waals surface area (Å²) in [6, 6.07) is 22.4. The molecule has 3 aliphatic heterocycles. The molecule has 1 N–H and O–H groups in total. The predicted molar refractivity (Wildman–Crippen MR) is 163 cm³/mol. The van der Waals surface area contributed by atoms with E-state index in [0.717, 1.165) is 16.8 Å². The molecule has 0 unspecified atom stereocenters. The van der Waals surface area contributed by atoms with Gasteiger partial charge in [0.25, 0.3) is 0 Å². The van der Waals surface area contributed by atoms with Crippen molar-refractivity contribution in [2.45, 2.75) is 24.4 Å². The number of ether oxygens (including phenoxy) is 2. The van der Waals surface area contributed by atoms with Crippen LogP contribution in [0.1, 0.15) is 38.1 Å². The molecule has 0 radical (unpaired) electrons. The van der Waals surface area contributed by atoms with Crippen LogP contribution in [0, 0.1) is 5.92 Å². The lowest BCUT2D eigenvalue weighted by molar-refractivity contribution is -0.121. The molecule has 8 heteroatoms. The fourth-order valence-electron chi connectivity index (χ4n) is 7.13. The van der Waals surface area contributed by atoms with E-state index in [1.807, 2.05) is 71.8 Å². The van der Waals surface area contributed by atoms with Gasteiger partial charge in [0, 0.05) is 16.9 Å². The maximum absolute atomic E-state index is 15.1. The van der Waals surface area contributed by atoms with Gasteiger partial charge in [0.05, 0.1) is 36.6 Å². The molecule has 1 aromatic heterocycles. The summed E-state index contributed by atoms with van der Waals surface area (Å²) in [6.07, 6.45) is 2.05. The lowest BCUT2D eigenvalue weighted by Crippen LogP contribution is -2.51. The molecule has 7 nitrogen and oxygen atoms in total.